The van der Waals surface area contributed by atoms with Crippen molar-refractivity contribution in [3.8, 4) is 0 Å². The van der Waals surface area contributed by atoms with E-state index in [9.17, 15) is 4.79 Å². The summed E-state index contributed by atoms with van der Waals surface area (Å²) in [5.74, 6) is 0. The first-order valence-corrected chi connectivity index (χ1v) is 5.77. The summed E-state index contributed by atoms with van der Waals surface area (Å²) in [6, 6.07) is 3.43. The molecule has 7 heteroatoms. The molecule has 82 valence electrons. The number of halogens is 2. The Kier molecular flexibility index (Phi) is 3.48. The molecule has 0 bridgehead atoms. The molecule has 0 unspecified atom stereocenters. The summed E-state index contributed by atoms with van der Waals surface area (Å²) in [7, 11) is 0. The second kappa shape index (κ2) is 4.86. The maximum absolute atomic E-state index is 11.2. The third-order valence-electron chi connectivity index (χ3n) is 1.68. The van der Waals surface area contributed by atoms with E-state index in [0.717, 1.165) is 11.8 Å². The van der Waals surface area contributed by atoms with Crippen LogP contribution in [0, 0.1) is 0 Å². The summed E-state index contributed by atoms with van der Waals surface area (Å²) in [6.45, 7) is 0. The summed E-state index contributed by atoms with van der Waals surface area (Å²) in [6.07, 6.45) is 2.89. The Labute approximate surface area is 105 Å². The van der Waals surface area contributed by atoms with Gasteiger partial charge in [0.05, 0.1) is 11.3 Å². The minimum absolute atomic E-state index is 0.0363. The second-order valence-electron chi connectivity index (χ2n) is 2.74. The molecule has 1 N–H and O–H groups in total. The number of nitrogens with one attached hydrogen (secondary N) is 1. The zero-order valence-corrected chi connectivity index (χ0v) is 10.1. The van der Waals surface area contributed by atoms with Gasteiger partial charge in [-0.1, -0.05) is 23.2 Å². The topological polar surface area (TPSA) is 58.6 Å². The predicted octanol–water partition coefficient (Wildman–Crippen LogP) is 2.62. The van der Waals surface area contributed by atoms with Crippen molar-refractivity contribution in [3.63, 3.8) is 0 Å². The van der Waals surface area contributed by atoms with E-state index in [0.29, 0.717) is 15.1 Å². The number of nitrogens with zero attached hydrogens (tertiary/aromatic N) is 2. The average Bonchev–Trinajstić information content (AvgIpc) is 2.28. The molecule has 4 nitrogen and oxygen atoms in total. The summed E-state index contributed by atoms with van der Waals surface area (Å²) >= 11 is 12.9. The second-order valence-corrected chi connectivity index (χ2v) is 4.51. The van der Waals surface area contributed by atoms with Crippen LogP contribution in [-0.4, -0.2) is 15.0 Å². The molecule has 0 amide bonds. The van der Waals surface area contributed by atoms with Gasteiger partial charge in [-0.2, -0.15) is 0 Å². The first kappa shape index (κ1) is 11.4. The van der Waals surface area contributed by atoms with Gasteiger partial charge in [0, 0.05) is 6.20 Å². The van der Waals surface area contributed by atoms with Crippen LogP contribution in [0.15, 0.2) is 39.5 Å². The van der Waals surface area contributed by atoms with E-state index in [4.69, 9.17) is 23.2 Å². The van der Waals surface area contributed by atoms with Gasteiger partial charge in [0.15, 0.2) is 0 Å². The largest absolute Gasteiger partial charge is 0.312 e. The highest BCUT2D eigenvalue weighted by Gasteiger charge is 2.10. The van der Waals surface area contributed by atoms with Crippen molar-refractivity contribution >= 4 is 35.0 Å². The fraction of sp³-hybridized carbons (Fsp3) is 0. The number of aromatic amines is 1. The van der Waals surface area contributed by atoms with Gasteiger partial charge < -0.3 is 4.98 Å². The molecule has 0 saturated carbocycles. The van der Waals surface area contributed by atoms with Crippen molar-refractivity contribution in [2.45, 2.75) is 10.1 Å². The van der Waals surface area contributed by atoms with E-state index < -0.39 is 0 Å². The maximum Gasteiger partial charge on any atom is 0.270 e. The summed E-state index contributed by atoms with van der Waals surface area (Å²) < 4.78 is 0. The number of rotatable bonds is 2. The Hall–Kier alpha value is -1.04. The molecule has 0 fully saturated rings. The van der Waals surface area contributed by atoms with Crippen molar-refractivity contribution < 1.29 is 0 Å². The lowest BCUT2D eigenvalue weighted by atomic mass is 10.5. The molecule has 0 aliphatic carbocycles. The molecule has 0 aliphatic rings. The third-order valence-corrected chi connectivity index (χ3v) is 3.58. The zero-order valence-electron chi connectivity index (χ0n) is 7.78. The zero-order chi connectivity index (χ0) is 11.5. The van der Waals surface area contributed by atoms with Crippen LogP contribution in [0.4, 0.5) is 0 Å². The normalized spacial score (nSPS) is 10.4. The molecular weight excluding hydrogens is 269 g/mol. The minimum atomic E-state index is -0.383. The van der Waals surface area contributed by atoms with Gasteiger partial charge in [0.1, 0.15) is 15.1 Å². The van der Waals surface area contributed by atoms with Crippen LogP contribution in [-0.2, 0) is 0 Å². The fourth-order valence-corrected chi connectivity index (χ4v) is 2.18. The first-order valence-electron chi connectivity index (χ1n) is 4.20. The van der Waals surface area contributed by atoms with Gasteiger partial charge in [0.25, 0.3) is 5.56 Å². The molecule has 0 radical (unpaired) electrons. The van der Waals surface area contributed by atoms with E-state index in [1.54, 1.807) is 18.3 Å². The summed E-state index contributed by atoms with van der Waals surface area (Å²) in [5.41, 5.74) is -0.383. The van der Waals surface area contributed by atoms with Crippen LogP contribution < -0.4 is 5.56 Å². The van der Waals surface area contributed by atoms with Gasteiger partial charge in [-0.25, -0.2) is 9.97 Å². The van der Waals surface area contributed by atoms with Crippen molar-refractivity contribution in [1.29, 1.82) is 0 Å². The Bertz CT molecular complexity index is 573. The molecule has 0 saturated heterocycles. The van der Waals surface area contributed by atoms with E-state index in [1.807, 2.05) is 0 Å². The highest BCUT2D eigenvalue weighted by Crippen LogP contribution is 2.32. The summed E-state index contributed by atoms with van der Waals surface area (Å²) in [4.78, 5) is 21.6. The molecule has 2 aromatic rings. The van der Waals surface area contributed by atoms with Crippen molar-refractivity contribution in [1.82, 2.24) is 15.0 Å². The monoisotopic (exact) mass is 273 g/mol. The number of pyridine rings is 1. The standard InChI is InChI=1S/C9H5Cl2N3OS/c10-5-2-1-3-12-8(5)16-9-6(11)7(15)13-4-14-9/h1-4H,(H,13,14,15). The van der Waals surface area contributed by atoms with E-state index in [2.05, 4.69) is 15.0 Å². The Morgan fingerprint density at radius 3 is 2.81 bits per heavy atom. The highest BCUT2D eigenvalue weighted by molar-refractivity contribution is 7.99. The van der Waals surface area contributed by atoms with Crippen molar-refractivity contribution in [2.75, 3.05) is 0 Å². The highest BCUT2D eigenvalue weighted by atomic mass is 35.5. The van der Waals surface area contributed by atoms with Crippen LogP contribution in [0.3, 0.4) is 0 Å². The molecule has 0 atom stereocenters. The average molecular weight is 274 g/mol. The van der Waals surface area contributed by atoms with Gasteiger partial charge in [0.2, 0.25) is 0 Å². The Morgan fingerprint density at radius 1 is 1.25 bits per heavy atom. The first-order chi connectivity index (χ1) is 7.68. The number of H-pyrrole nitrogens is 1. The molecule has 0 aliphatic heterocycles. The predicted molar refractivity (Wildman–Crippen MR) is 63.2 cm³/mol. The quantitative estimate of drug-likeness (QED) is 0.855. The van der Waals surface area contributed by atoms with Gasteiger partial charge in [-0.05, 0) is 23.9 Å². The molecule has 0 aromatic carbocycles. The van der Waals surface area contributed by atoms with Crippen LogP contribution in [0.1, 0.15) is 0 Å². The third kappa shape index (κ3) is 2.37. The molecule has 16 heavy (non-hydrogen) atoms. The molecule has 2 rings (SSSR count). The maximum atomic E-state index is 11.2. The van der Waals surface area contributed by atoms with Gasteiger partial charge >= 0.3 is 0 Å². The van der Waals surface area contributed by atoms with Crippen LogP contribution in [0.2, 0.25) is 10.0 Å². The van der Waals surface area contributed by atoms with Crippen molar-refractivity contribution in [3.05, 3.63) is 45.1 Å². The van der Waals surface area contributed by atoms with Crippen LogP contribution in [0.25, 0.3) is 0 Å². The molecule has 2 aromatic heterocycles. The van der Waals surface area contributed by atoms with Crippen molar-refractivity contribution in [2.24, 2.45) is 0 Å². The number of hydrogen-bond donors (Lipinski definition) is 1. The van der Waals surface area contributed by atoms with Gasteiger partial charge in [-0.3, -0.25) is 4.79 Å². The van der Waals surface area contributed by atoms with Crippen LogP contribution >= 0.6 is 35.0 Å². The molecular formula is C9H5Cl2N3OS. The SMILES string of the molecule is O=c1[nH]cnc(Sc2ncccc2Cl)c1Cl. The van der Waals surface area contributed by atoms with Crippen LogP contribution in [0.5, 0.6) is 0 Å². The minimum Gasteiger partial charge on any atom is -0.312 e. The van der Waals surface area contributed by atoms with E-state index >= 15 is 0 Å². The van der Waals surface area contributed by atoms with E-state index in [-0.39, 0.29) is 10.6 Å². The molecule has 2 heterocycles. The fourth-order valence-electron chi connectivity index (χ4n) is 0.976. The smallest absolute Gasteiger partial charge is 0.270 e. The number of aromatic nitrogens is 3. The molecule has 0 spiro atoms. The lowest BCUT2D eigenvalue weighted by Gasteiger charge is -2.02. The summed E-state index contributed by atoms with van der Waals surface area (Å²) in [5, 5.41) is 1.47. The van der Waals surface area contributed by atoms with E-state index in [1.165, 1.54) is 6.33 Å². The Morgan fingerprint density at radius 2 is 2.06 bits per heavy atom. The Balaban J connectivity index is 2.38. The lowest BCUT2D eigenvalue weighted by Crippen LogP contribution is -2.07. The van der Waals surface area contributed by atoms with Gasteiger partial charge in [-0.15, -0.1) is 0 Å². The number of hydrogen-bond acceptors (Lipinski definition) is 4. The lowest BCUT2D eigenvalue weighted by molar-refractivity contribution is 1.01.